The third-order valence-electron chi connectivity index (χ3n) is 5.49. The number of halogens is 1. The number of aliphatic hydroxyl groups is 1. The molecule has 0 saturated heterocycles. The lowest BCUT2D eigenvalue weighted by Gasteiger charge is -2.38. The highest BCUT2D eigenvalue weighted by Crippen LogP contribution is 2.47. The van der Waals surface area contributed by atoms with Crippen LogP contribution in [0.5, 0.6) is 0 Å². The molecule has 4 rings (SSSR count). The summed E-state index contributed by atoms with van der Waals surface area (Å²) in [4.78, 5) is 0. The second kappa shape index (κ2) is 6.22. The Morgan fingerprint density at radius 3 is 2.50 bits per heavy atom. The molecular formula is C22H21FN2O. The molecule has 2 atom stereocenters. The van der Waals surface area contributed by atoms with Crippen molar-refractivity contribution in [2.45, 2.75) is 26.4 Å². The molecule has 0 radical (unpaired) electrons. The van der Waals surface area contributed by atoms with Crippen LogP contribution in [0, 0.1) is 11.2 Å². The second-order valence-corrected chi connectivity index (χ2v) is 7.18. The van der Waals surface area contributed by atoms with E-state index in [4.69, 9.17) is 0 Å². The maximum Gasteiger partial charge on any atom is 0.123 e. The summed E-state index contributed by atoms with van der Waals surface area (Å²) in [6.07, 6.45) is 4.03. The minimum Gasteiger partial charge on any atom is -0.387 e. The second-order valence-electron chi connectivity index (χ2n) is 7.18. The fraction of sp³-hybridized carbons (Fsp3) is 0.227. The maximum absolute atomic E-state index is 13.2. The van der Waals surface area contributed by atoms with Crippen molar-refractivity contribution in [1.82, 2.24) is 9.78 Å². The third kappa shape index (κ3) is 2.67. The zero-order valence-corrected chi connectivity index (χ0v) is 14.9. The molecule has 2 aromatic carbocycles. The van der Waals surface area contributed by atoms with Crippen molar-refractivity contribution in [3.8, 4) is 5.69 Å². The molecule has 1 aliphatic carbocycles. The molecule has 132 valence electrons. The lowest BCUT2D eigenvalue weighted by atomic mass is 9.68. The Balaban J connectivity index is 1.73. The molecule has 26 heavy (non-hydrogen) atoms. The maximum atomic E-state index is 13.2. The minimum absolute atomic E-state index is 0.264. The van der Waals surface area contributed by atoms with E-state index in [1.165, 1.54) is 12.1 Å². The van der Waals surface area contributed by atoms with Crippen molar-refractivity contribution < 1.29 is 9.50 Å². The topological polar surface area (TPSA) is 38.0 Å². The molecule has 0 amide bonds. The highest BCUT2D eigenvalue weighted by atomic mass is 19.1. The van der Waals surface area contributed by atoms with Crippen LogP contribution in [0.1, 0.15) is 36.8 Å². The molecule has 3 nitrogen and oxygen atoms in total. The van der Waals surface area contributed by atoms with Crippen LogP contribution < -0.4 is 0 Å². The first-order chi connectivity index (χ1) is 12.5. The van der Waals surface area contributed by atoms with Gasteiger partial charge in [0, 0.05) is 5.41 Å². The van der Waals surface area contributed by atoms with Gasteiger partial charge in [0.05, 0.1) is 23.7 Å². The Morgan fingerprint density at radius 2 is 1.81 bits per heavy atom. The summed E-state index contributed by atoms with van der Waals surface area (Å²) in [7, 11) is 0. The minimum atomic E-state index is -0.595. The van der Waals surface area contributed by atoms with Crippen LogP contribution in [0.15, 0.2) is 66.4 Å². The van der Waals surface area contributed by atoms with Crippen molar-refractivity contribution >= 4 is 6.08 Å². The van der Waals surface area contributed by atoms with Crippen LogP contribution in [0.2, 0.25) is 0 Å². The van der Waals surface area contributed by atoms with Crippen LogP contribution in [-0.4, -0.2) is 14.9 Å². The van der Waals surface area contributed by atoms with Crippen molar-refractivity contribution in [2.75, 3.05) is 0 Å². The van der Waals surface area contributed by atoms with E-state index >= 15 is 0 Å². The zero-order valence-electron chi connectivity index (χ0n) is 14.9. The van der Waals surface area contributed by atoms with Crippen LogP contribution in [0.3, 0.4) is 0 Å². The fourth-order valence-corrected chi connectivity index (χ4v) is 3.69. The van der Waals surface area contributed by atoms with E-state index in [1.54, 1.807) is 12.1 Å². The Labute approximate surface area is 152 Å². The van der Waals surface area contributed by atoms with E-state index in [9.17, 15) is 9.50 Å². The van der Waals surface area contributed by atoms with Gasteiger partial charge in [-0.1, -0.05) is 42.8 Å². The highest BCUT2D eigenvalue weighted by molar-refractivity contribution is 5.60. The van der Waals surface area contributed by atoms with Gasteiger partial charge in [-0.25, -0.2) is 9.07 Å². The number of hydrogen-bond acceptors (Lipinski definition) is 2. The van der Waals surface area contributed by atoms with Crippen molar-refractivity contribution in [3.63, 3.8) is 0 Å². The number of nitrogens with zero attached hydrogens (tertiary/aromatic N) is 2. The molecule has 0 aliphatic heterocycles. The zero-order chi connectivity index (χ0) is 18.3. The summed E-state index contributed by atoms with van der Waals surface area (Å²) in [6, 6.07) is 16.1. The number of aromatic nitrogens is 2. The quantitative estimate of drug-likeness (QED) is 0.744. The number of benzene rings is 2. The largest absolute Gasteiger partial charge is 0.387 e. The van der Waals surface area contributed by atoms with Crippen LogP contribution >= 0.6 is 0 Å². The van der Waals surface area contributed by atoms with Crippen molar-refractivity contribution in [2.24, 2.45) is 5.41 Å². The third-order valence-corrected chi connectivity index (χ3v) is 5.49. The van der Waals surface area contributed by atoms with Crippen molar-refractivity contribution in [3.05, 3.63) is 89.0 Å². The SMILES string of the molecule is CC1=Cc2c(cnn2-c2ccc(F)cc2)CC1(C)[C@H](O)c1ccccc1. The molecule has 1 aliphatic rings. The first-order valence-electron chi connectivity index (χ1n) is 8.74. The Morgan fingerprint density at radius 1 is 1.12 bits per heavy atom. The van der Waals surface area contributed by atoms with Gasteiger partial charge in [-0.2, -0.15) is 5.10 Å². The molecule has 0 spiro atoms. The summed E-state index contributed by atoms with van der Waals surface area (Å²) >= 11 is 0. The van der Waals surface area contributed by atoms with E-state index in [-0.39, 0.29) is 5.82 Å². The van der Waals surface area contributed by atoms with Gasteiger partial charge in [0.25, 0.3) is 0 Å². The Hall–Kier alpha value is -2.72. The molecule has 3 aromatic rings. The molecule has 1 N–H and O–H groups in total. The molecule has 0 bridgehead atoms. The lowest BCUT2D eigenvalue weighted by Crippen LogP contribution is -2.32. The summed E-state index contributed by atoms with van der Waals surface area (Å²) < 4.78 is 15.0. The van der Waals surface area contributed by atoms with Crippen molar-refractivity contribution in [1.29, 1.82) is 0 Å². The molecule has 0 saturated carbocycles. The predicted octanol–water partition coefficient (Wildman–Crippen LogP) is 4.71. The van der Waals surface area contributed by atoms with E-state index in [1.807, 2.05) is 41.2 Å². The number of fused-ring (bicyclic) bond motifs is 1. The fourth-order valence-electron chi connectivity index (χ4n) is 3.69. The Kier molecular flexibility index (Phi) is 4.00. The van der Waals surface area contributed by atoms with Crippen LogP contribution in [0.4, 0.5) is 4.39 Å². The molecule has 4 heteroatoms. The Bertz CT molecular complexity index is 960. The molecule has 1 heterocycles. The number of aliphatic hydroxyl groups excluding tert-OH is 1. The molecule has 1 unspecified atom stereocenters. The lowest BCUT2D eigenvalue weighted by molar-refractivity contribution is 0.0615. The molecule has 0 fully saturated rings. The van der Waals surface area contributed by atoms with Gasteiger partial charge in [-0.3, -0.25) is 0 Å². The first kappa shape index (κ1) is 16.7. The number of rotatable bonds is 3. The normalized spacial score (nSPS) is 20.4. The molecule has 1 aromatic heterocycles. The molecular weight excluding hydrogens is 327 g/mol. The van der Waals surface area contributed by atoms with E-state index in [0.29, 0.717) is 6.42 Å². The highest BCUT2D eigenvalue weighted by Gasteiger charge is 2.39. The van der Waals surface area contributed by atoms with E-state index in [0.717, 1.165) is 28.1 Å². The van der Waals surface area contributed by atoms with Gasteiger partial charge < -0.3 is 5.11 Å². The van der Waals surface area contributed by atoms with E-state index in [2.05, 4.69) is 25.0 Å². The average Bonchev–Trinajstić information content (AvgIpc) is 3.05. The summed E-state index contributed by atoms with van der Waals surface area (Å²) in [5.41, 5.74) is 4.51. The smallest absolute Gasteiger partial charge is 0.123 e. The van der Waals surface area contributed by atoms with Gasteiger partial charge in [0.15, 0.2) is 0 Å². The van der Waals surface area contributed by atoms with Gasteiger partial charge in [-0.15, -0.1) is 0 Å². The number of hydrogen-bond donors (Lipinski definition) is 1. The van der Waals surface area contributed by atoms with E-state index < -0.39 is 11.5 Å². The predicted molar refractivity (Wildman–Crippen MR) is 100 cm³/mol. The summed E-state index contributed by atoms with van der Waals surface area (Å²) in [5.74, 6) is -0.264. The van der Waals surface area contributed by atoms with Gasteiger partial charge in [0.1, 0.15) is 5.82 Å². The van der Waals surface area contributed by atoms with Crippen LogP contribution in [-0.2, 0) is 6.42 Å². The summed E-state index contributed by atoms with van der Waals surface area (Å²) in [5, 5.41) is 15.5. The standard InChI is InChI=1S/C22H21FN2O/c1-15-12-20-17(14-24-25(20)19-10-8-18(23)9-11-19)13-22(15,2)21(26)16-6-4-3-5-7-16/h3-12,14,21,26H,13H2,1-2H3/t21-,22?/m1/s1. The monoisotopic (exact) mass is 348 g/mol. The summed E-state index contributed by atoms with van der Waals surface area (Å²) in [6.45, 7) is 4.14. The van der Waals surface area contributed by atoms with Gasteiger partial charge in [-0.05, 0) is 54.8 Å². The average molecular weight is 348 g/mol. The first-order valence-corrected chi connectivity index (χ1v) is 8.74. The van der Waals surface area contributed by atoms with Gasteiger partial charge in [0.2, 0.25) is 0 Å². The van der Waals surface area contributed by atoms with Crippen LogP contribution in [0.25, 0.3) is 11.8 Å². The van der Waals surface area contributed by atoms with Gasteiger partial charge >= 0.3 is 0 Å².